The van der Waals surface area contributed by atoms with Gasteiger partial charge in [0.15, 0.2) is 0 Å². The second kappa shape index (κ2) is 8.11. The lowest BCUT2D eigenvalue weighted by Crippen LogP contribution is -2.52. The molecule has 0 amide bonds. The number of likely N-dealkylation sites (tertiary alicyclic amines) is 1. The molecule has 1 saturated heterocycles. The normalized spacial score (nSPS) is 20.9. The van der Waals surface area contributed by atoms with Gasteiger partial charge in [0, 0.05) is 12.1 Å². The molecule has 1 rings (SSSR count). The molecular weight excluding hydrogens is 266 g/mol. The average Bonchev–Trinajstić information content (AvgIpc) is 2.38. The summed E-state index contributed by atoms with van der Waals surface area (Å²) >= 11 is 0. The summed E-state index contributed by atoms with van der Waals surface area (Å²) in [5.41, 5.74) is -0.809. The van der Waals surface area contributed by atoms with Crippen LogP contribution in [0.25, 0.3) is 0 Å². The predicted octanol–water partition coefficient (Wildman–Crippen LogP) is 1.63. The number of carboxylic acid groups (broad SMARTS) is 1. The van der Waals surface area contributed by atoms with Crippen LogP contribution in [0.5, 0.6) is 0 Å². The van der Waals surface area contributed by atoms with E-state index in [4.69, 9.17) is 0 Å². The van der Waals surface area contributed by atoms with Gasteiger partial charge in [-0.15, -0.1) is 0 Å². The third kappa shape index (κ3) is 5.93. The number of nitrogens with zero attached hydrogens (tertiary/aromatic N) is 2. The maximum Gasteiger partial charge on any atom is 0.323 e. The van der Waals surface area contributed by atoms with Crippen molar-refractivity contribution in [3.8, 4) is 0 Å². The minimum atomic E-state index is -0.809. The Morgan fingerprint density at radius 3 is 2.38 bits per heavy atom. The fourth-order valence-electron chi connectivity index (χ4n) is 3.19. The van der Waals surface area contributed by atoms with Crippen LogP contribution in [0.15, 0.2) is 0 Å². The van der Waals surface area contributed by atoms with Crippen LogP contribution < -0.4 is 5.32 Å². The minimum Gasteiger partial charge on any atom is -0.480 e. The van der Waals surface area contributed by atoms with Crippen molar-refractivity contribution in [2.45, 2.75) is 64.1 Å². The van der Waals surface area contributed by atoms with Crippen LogP contribution in [-0.4, -0.2) is 72.2 Å². The van der Waals surface area contributed by atoms with Gasteiger partial charge in [-0.25, -0.2) is 0 Å². The summed E-state index contributed by atoms with van der Waals surface area (Å²) in [4.78, 5) is 16.3. The summed E-state index contributed by atoms with van der Waals surface area (Å²) in [5, 5.41) is 12.6. The van der Waals surface area contributed by atoms with Gasteiger partial charge in [-0.2, -0.15) is 0 Å². The summed E-state index contributed by atoms with van der Waals surface area (Å²) in [6.45, 7) is 9.05. The Labute approximate surface area is 129 Å². The van der Waals surface area contributed by atoms with Crippen molar-refractivity contribution in [2.75, 3.05) is 33.7 Å². The van der Waals surface area contributed by atoms with Crippen molar-refractivity contribution < 1.29 is 9.90 Å². The van der Waals surface area contributed by atoms with Crippen LogP contribution in [-0.2, 0) is 4.79 Å². The zero-order valence-electron chi connectivity index (χ0n) is 14.4. The van der Waals surface area contributed by atoms with E-state index in [9.17, 15) is 9.90 Å². The number of hydrogen-bond acceptors (Lipinski definition) is 4. The molecule has 0 aromatic carbocycles. The molecule has 1 heterocycles. The number of rotatable bonds is 8. The van der Waals surface area contributed by atoms with Crippen molar-refractivity contribution in [3.63, 3.8) is 0 Å². The van der Waals surface area contributed by atoms with Gasteiger partial charge in [-0.3, -0.25) is 10.1 Å². The highest BCUT2D eigenvalue weighted by Gasteiger charge is 2.33. The molecule has 5 heteroatoms. The zero-order valence-corrected chi connectivity index (χ0v) is 14.4. The summed E-state index contributed by atoms with van der Waals surface area (Å²) < 4.78 is 0. The topological polar surface area (TPSA) is 55.8 Å². The second-order valence-corrected chi connectivity index (χ2v) is 7.08. The van der Waals surface area contributed by atoms with Gasteiger partial charge in [0.2, 0.25) is 0 Å². The van der Waals surface area contributed by atoms with Crippen LogP contribution in [0, 0.1) is 0 Å². The van der Waals surface area contributed by atoms with Gasteiger partial charge in [-0.1, -0.05) is 0 Å². The fourth-order valence-corrected chi connectivity index (χ4v) is 3.19. The van der Waals surface area contributed by atoms with Crippen molar-refractivity contribution in [3.05, 3.63) is 0 Å². The first-order chi connectivity index (χ1) is 9.74. The summed E-state index contributed by atoms with van der Waals surface area (Å²) in [6, 6.07) is 0.884. The highest BCUT2D eigenvalue weighted by Crippen LogP contribution is 2.18. The molecule has 0 spiro atoms. The number of carbonyl (C=O) groups is 1. The molecule has 1 aliphatic rings. The van der Waals surface area contributed by atoms with E-state index < -0.39 is 11.5 Å². The van der Waals surface area contributed by atoms with E-state index in [2.05, 4.69) is 29.2 Å². The third-order valence-electron chi connectivity index (χ3n) is 4.52. The van der Waals surface area contributed by atoms with E-state index in [1.165, 1.54) is 12.8 Å². The molecule has 0 aromatic heterocycles. The van der Waals surface area contributed by atoms with Crippen LogP contribution in [0.3, 0.4) is 0 Å². The molecule has 0 radical (unpaired) electrons. The van der Waals surface area contributed by atoms with Gasteiger partial charge in [-0.05, 0) is 80.2 Å². The minimum absolute atomic E-state index is 0.182. The second-order valence-electron chi connectivity index (χ2n) is 7.08. The van der Waals surface area contributed by atoms with E-state index in [0.717, 1.165) is 26.1 Å². The van der Waals surface area contributed by atoms with Gasteiger partial charge >= 0.3 is 5.97 Å². The Morgan fingerprint density at radius 1 is 1.38 bits per heavy atom. The van der Waals surface area contributed by atoms with E-state index in [1.807, 2.05) is 13.8 Å². The van der Waals surface area contributed by atoms with Crippen LogP contribution >= 0.6 is 0 Å². The number of carboxylic acids is 1. The van der Waals surface area contributed by atoms with Crippen molar-refractivity contribution in [2.24, 2.45) is 0 Å². The van der Waals surface area contributed by atoms with Gasteiger partial charge < -0.3 is 14.9 Å². The first kappa shape index (κ1) is 18.4. The molecule has 0 aliphatic carbocycles. The summed E-state index contributed by atoms with van der Waals surface area (Å²) in [5.74, 6) is -0.748. The number of nitrogens with one attached hydrogen (secondary N) is 1. The molecular formula is C16H33N3O2. The zero-order chi connectivity index (χ0) is 16.0. The maximum atomic E-state index is 11.5. The van der Waals surface area contributed by atoms with Crippen molar-refractivity contribution in [1.29, 1.82) is 0 Å². The van der Waals surface area contributed by atoms with Crippen LogP contribution in [0.2, 0.25) is 0 Å². The number of piperidine rings is 1. The van der Waals surface area contributed by atoms with Gasteiger partial charge in [0.1, 0.15) is 5.54 Å². The van der Waals surface area contributed by atoms with Gasteiger partial charge in [0.25, 0.3) is 0 Å². The van der Waals surface area contributed by atoms with Crippen molar-refractivity contribution >= 4 is 5.97 Å². The Hall–Kier alpha value is -0.650. The Balaban J connectivity index is 2.34. The Bertz CT molecular complexity index is 325. The molecule has 1 atom stereocenters. The number of aliphatic carboxylic acids is 1. The van der Waals surface area contributed by atoms with Gasteiger partial charge in [0.05, 0.1) is 0 Å². The standard InChI is InChI=1S/C16H33N3O2/c1-13(2)17-16(3,15(20)21)9-6-10-19-11-7-14(8-12-19)18(4)5/h13-14,17H,6-12H2,1-5H3,(H,20,21). The highest BCUT2D eigenvalue weighted by molar-refractivity contribution is 5.78. The van der Waals surface area contributed by atoms with E-state index in [-0.39, 0.29) is 6.04 Å². The molecule has 1 unspecified atom stereocenters. The molecule has 124 valence electrons. The molecule has 1 aliphatic heterocycles. The lowest BCUT2D eigenvalue weighted by atomic mass is 9.94. The molecule has 21 heavy (non-hydrogen) atoms. The average molecular weight is 299 g/mol. The van der Waals surface area contributed by atoms with E-state index >= 15 is 0 Å². The van der Waals surface area contributed by atoms with Crippen LogP contribution in [0.4, 0.5) is 0 Å². The van der Waals surface area contributed by atoms with E-state index in [1.54, 1.807) is 6.92 Å². The molecule has 2 N–H and O–H groups in total. The monoisotopic (exact) mass is 299 g/mol. The molecule has 0 aromatic rings. The summed E-state index contributed by atoms with van der Waals surface area (Å²) in [7, 11) is 4.30. The molecule has 1 fully saturated rings. The maximum absolute atomic E-state index is 11.5. The SMILES string of the molecule is CC(C)NC(C)(CCCN1CCC(N(C)C)CC1)C(=O)O. The smallest absolute Gasteiger partial charge is 0.323 e. The van der Waals surface area contributed by atoms with Crippen molar-refractivity contribution in [1.82, 2.24) is 15.1 Å². The first-order valence-electron chi connectivity index (χ1n) is 8.14. The lowest BCUT2D eigenvalue weighted by Gasteiger charge is -2.36. The molecule has 5 nitrogen and oxygen atoms in total. The quantitative estimate of drug-likeness (QED) is 0.713. The first-order valence-corrected chi connectivity index (χ1v) is 8.14. The van der Waals surface area contributed by atoms with E-state index in [0.29, 0.717) is 12.5 Å². The summed E-state index contributed by atoms with van der Waals surface area (Å²) in [6.07, 6.45) is 4.03. The fraction of sp³-hybridized carbons (Fsp3) is 0.938. The third-order valence-corrected chi connectivity index (χ3v) is 4.52. The highest BCUT2D eigenvalue weighted by atomic mass is 16.4. The Morgan fingerprint density at radius 2 is 1.95 bits per heavy atom. The molecule has 0 saturated carbocycles. The number of hydrogen-bond donors (Lipinski definition) is 2. The largest absolute Gasteiger partial charge is 0.480 e. The molecule has 0 bridgehead atoms. The van der Waals surface area contributed by atoms with Crippen LogP contribution in [0.1, 0.15) is 46.5 Å². The Kier molecular flexibility index (Phi) is 7.10. The predicted molar refractivity (Wildman–Crippen MR) is 86.7 cm³/mol. The lowest BCUT2D eigenvalue weighted by molar-refractivity contribution is -0.144.